The molecule has 0 bridgehead atoms. The number of aromatic hydroxyl groups is 1. The summed E-state index contributed by atoms with van der Waals surface area (Å²) in [6.07, 6.45) is -4.63. The van der Waals surface area contributed by atoms with Gasteiger partial charge in [-0.1, -0.05) is 22.0 Å². The lowest BCUT2D eigenvalue weighted by atomic mass is 10.0. The van der Waals surface area contributed by atoms with Gasteiger partial charge in [-0.2, -0.15) is 13.2 Å². The number of thiophene rings is 1. The lowest BCUT2D eigenvalue weighted by Gasteiger charge is -2.17. The highest BCUT2D eigenvalue weighted by Crippen LogP contribution is 2.42. The summed E-state index contributed by atoms with van der Waals surface area (Å²) >= 11 is 4.33. The maximum atomic E-state index is 12.8. The first-order chi connectivity index (χ1) is 8.80. The van der Waals surface area contributed by atoms with E-state index < -0.39 is 23.5 Å². The minimum Gasteiger partial charge on any atom is -0.507 e. The molecule has 0 aliphatic heterocycles. The molecule has 1 aromatic carbocycles. The third-order valence-electron chi connectivity index (χ3n) is 2.59. The fraction of sp³-hybridized carbons (Fsp3) is 0.167. The molecule has 1 aromatic heterocycles. The first-order valence-corrected chi connectivity index (χ1v) is 6.86. The Hall–Kier alpha value is -0.760. The second-order valence-corrected chi connectivity index (χ2v) is 5.78. The van der Waals surface area contributed by atoms with E-state index in [1.165, 1.54) is 17.4 Å². The Morgan fingerprint density at radius 1 is 1.30 bits per heavy atom. The van der Waals surface area contributed by atoms with Gasteiger partial charge >= 0.3 is 6.18 Å². The number of rotatable bonds is 2. The Morgan fingerprint density at radius 2 is 1.95 bits per heavy atom. The summed E-state index contributed by atoms with van der Waals surface area (Å²) in [5.41, 5.74) is 4.86. The molecule has 110 valence electrons. The molecule has 0 saturated carbocycles. The Labute approximate surface area is 132 Å². The van der Waals surface area contributed by atoms with Crippen molar-refractivity contribution in [3.8, 4) is 5.75 Å². The number of phenols is 1. The molecule has 0 spiro atoms. The van der Waals surface area contributed by atoms with Crippen LogP contribution in [0.15, 0.2) is 34.1 Å². The summed E-state index contributed by atoms with van der Waals surface area (Å²) in [5, 5.41) is 11.6. The fourth-order valence-electron chi connectivity index (χ4n) is 1.69. The van der Waals surface area contributed by atoms with Gasteiger partial charge in [0.1, 0.15) is 5.75 Å². The molecule has 0 radical (unpaired) electrons. The van der Waals surface area contributed by atoms with Crippen molar-refractivity contribution in [3.05, 3.63) is 50.1 Å². The highest BCUT2D eigenvalue weighted by Gasteiger charge is 2.36. The number of phenolic OH excluding ortho intramolecular Hbond substituents is 1. The van der Waals surface area contributed by atoms with Crippen LogP contribution in [0.5, 0.6) is 5.75 Å². The molecule has 1 heterocycles. The maximum Gasteiger partial charge on any atom is 0.420 e. The fourth-order valence-corrected chi connectivity index (χ4v) is 2.92. The second-order valence-electron chi connectivity index (χ2n) is 3.88. The van der Waals surface area contributed by atoms with Crippen molar-refractivity contribution in [3.63, 3.8) is 0 Å². The topological polar surface area (TPSA) is 46.2 Å². The van der Waals surface area contributed by atoms with Crippen LogP contribution >= 0.6 is 39.7 Å². The summed E-state index contributed by atoms with van der Waals surface area (Å²) in [7, 11) is 0. The standard InChI is InChI=1S/C12H9BrF3NOS.ClH/c13-6-4-7(10(17)9-2-1-3-19-9)11(18)8(5-6)12(14,15)16;/h1-5,10,18H,17H2;1H/t10-;/m1./s1. The minimum absolute atomic E-state index is 0. The van der Waals surface area contributed by atoms with Crippen LogP contribution in [0.1, 0.15) is 22.0 Å². The van der Waals surface area contributed by atoms with Crippen LogP contribution in [0.25, 0.3) is 0 Å². The van der Waals surface area contributed by atoms with Crippen LogP contribution in [0.4, 0.5) is 13.2 Å². The third-order valence-corrected chi connectivity index (χ3v) is 4.01. The van der Waals surface area contributed by atoms with Gasteiger partial charge in [0.25, 0.3) is 0 Å². The first kappa shape index (κ1) is 17.3. The van der Waals surface area contributed by atoms with E-state index in [9.17, 15) is 18.3 Å². The van der Waals surface area contributed by atoms with Crippen molar-refractivity contribution in [1.29, 1.82) is 0 Å². The van der Waals surface area contributed by atoms with Gasteiger partial charge in [-0.05, 0) is 23.6 Å². The zero-order chi connectivity index (χ0) is 14.2. The van der Waals surface area contributed by atoms with Crippen molar-refractivity contribution in [2.24, 2.45) is 5.73 Å². The molecule has 3 N–H and O–H groups in total. The van der Waals surface area contributed by atoms with Gasteiger partial charge in [0.05, 0.1) is 11.6 Å². The summed E-state index contributed by atoms with van der Waals surface area (Å²) in [4.78, 5) is 0.682. The number of nitrogens with two attached hydrogens (primary N) is 1. The average molecular weight is 389 g/mol. The lowest BCUT2D eigenvalue weighted by Crippen LogP contribution is -2.13. The molecule has 2 nitrogen and oxygen atoms in total. The molecule has 0 saturated heterocycles. The van der Waals surface area contributed by atoms with Gasteiger partial charge in [0.2, 0.25) is 0 Å². The van der Waals surface area contributed by atoms with Gasteiger partial charge in [0, 0.05) is 14.9 Å². The number of hydrogen-bond acceptors (Lipinski definition) is 3. The molecule has 1 atom stereocenters. The number of hydrogen-bond donors (Lipinski definition) is 2. The van der Waals surface area contributed by atoms with Crippen LogP contribution in [0, 0.1) is 0 Å². The van der Waals surface area contributed by atoms with Gasteiger partial charge in [-0.25, -0.2) is 0 Å². The van der Waals surface area contributed by atoms with Crippen molar-refractivity contribution < 1.29 is 18.3 Å². The summed E-state index contributed by atoms with van der Waals surface area (Å²) in [6.45, 7) is 0. The monoisotopic (exact) mass is 387 g/mol. The van der Waals surface area contributed by atoms with E-state index in [1.54, 1.807) is 17.5 Å². The Balaban J connectivity index is 0.00000200. The first-order valence-electron chi connectivity index (χ1n) is 5.19. The maximum absolute atomic E-state index is 12.8. The smallest absolute Gasteiger partial charge is 0.420 e. The normalized spacial score (nSPS) is 12.8. The largest absolute Gasteiger partial charge is 0.507 e. The molecule has 8 heteroatoms. The number of alkyl halides is 3. The predicted molar refractivity (Wildman–Crippen MR) is 78.4 cm³/mol. The molecule has 0 fully saturated rings. The molecule has 0 aliphatic rings. The van der Waals surface area contributed by atoms with Crippen molar-refractivity contribution in [2.75, 3.05) is 0 Å². The second kappa shape index (κ2) is 6.34. The SMILES string of the molecule is Cl.N[C@@H](c1cccs1)c1cc(Br)cc(C(F)(F)F)c1O. The third kappa shape index (κ3) is 3.46. The van der Waals surface area contributed by atoms with Crippen molar-refractivity contribution in [1.82, 2.24) is 0 Å². The highest BCUT2D eigenvalue weighted by atomic mass is 79.9. The van der Waals surface area contributed by atoms with Gasteiger partial charge in [-0.3, -0.25) is 0 Å². The predicted octanol–water partition coefficient (Wildman–Crippen LogP) is 4.70. The Bertz CT molecular complexity index is 589. The number of benzene rings is 1. The van der Waals surface area contributed by atoms with Gasteiger partial charge in [0.15, 0.2) is 0 Å². The molecule has 0 aliphatic carbocycles. The number of halogens is 5. The molecule has 2 rings (SSSR count). The lowest BCUT2D eigenvalue weighted by molar-refractivity contribution is -0.138. The molecule has 20 heavy (non-hydrogen) atoms. The quantitative estimate of drug-likeness (QED) is 0.783. The van der Waals surface area contributed by atoms with Crippen LogP contribution in [-0.4, -0.2) is 5.11 Å². The molecular weight excluding hydrogens is 379 g/mol. The van der Waals surface area contributed by atoms with E-state index in [1.807, 2.05) is 0 Å². The minimum atomic E-state index is -4.63. The van der Waals surface area contributed by atoms with E-state index in [0.29, 0.717) is 4.88 Å². The molecule has 2 aromatic rings. The van der Waals surface area contributed by atoms with Crippen LogP contribution in [-0.2, 0) is 6.18 Å². The zero-order valence-corrected chi connectivity index (χ0v) is 13.0. The van der Waals surface area contributed by atoms with Crippen molar-refractivity contribution >= 4 is 39.7 Å². The summed E-state index contributed by atoms with van der Waals surface area (Å²) in [5.74, 6) is -0.823. The van der Waals surface area contributed by atoms with Crippen LogP contribution in [0.2, 0.25) is 0 Å². The molecule has 0 unspecified atom stereocenters. The zero-order valence-electron chi connectivity index (χ0n) is 9.82. The van der Waals surface area contributed by atoms with Gasteiger partial charge < -0.3 is 10.8 Å². The van der Waals surface area contributed by atoms with E-state index >= 15 is 0 Å². The molecular formula is C12H10BrClF3NOS. The average Bonchev–Trinajstić information content (AvgIpc) is 2.83. The summed E-state index contributed by atoms with van der Waals surface area (Å²) in [6, 6.07) is 4.90. The Morgan fingerprint density at radius 3 is 2.45 bits per heavy atom. The Kier molecular flexibility index (Phi) is 5.48. The van der Waals surface area contributed by atoms with E-state index in [4.69, 9.17) is 5.73 Å². The summed E-state index contributed by atoms with van der Waals surface area (Å²) < 4.78 is 38.6. The highest BCUT2D eigenvalue weighted by molar-refractivity contribution is 9.10. The van der Waals surface area contributed by atoms with Gasteiger partial charge in [-0.15, -0.1) is 23.7 Å². The van der Waals surface area contributed by atoms with E-state index in [-0.39, 0.29) is 22.4 Å². The van der Waals surface area contributed by atoms with Crippen LogP contribution in [0.3, 0.4) is 0 Å². The van der Waals surface area contributed by atoms with Crippen molar-refractivity contribution in [2.45, 2.75) is 12.2 Å². The molecule has 0 amide bonds. The van der Waals surface area contributed by atoms with E-state index in [2.05, 4.69) is 15.9 Å². The van der Waals surface area contributed by atoms with E-state index in [0.717, 1.165) is 6.07 Å². The van der Waals surface area contributed by atoms with Crippen LogP contribution < -0.4 is 5.73 Å².